The lowest BCUT2D eigenvalue weighted by Crippen LogP contribution is -2.12. The Kier molecular flexibility index (Phi) is 8.14. The van der Waals surface area contributed by atoms with Crippen molar-refractivity contribution in [1.82, 2.24) is 9.78 Å². The molecule has 0 aliphatic heterocycles. The number of carbonyl (C=O) groups is 1. The van der Waals surface area contributed by atoms with Crippen molar-refractivity contribution in [2.24, 2.45) is 0 Å². The number of allylic oxidation sites excluding steroid dienone is 2. The van der Waals surface area contributed by atoms with Gasteiger partial charge in [-0.3, -0.25) is 14.9 Å². The van der Waals surface area contributed by atoms with Gasteiger partial charge < -0.3 is 4.74 Å². The van der Waals surface area contributed by atoms with Crippen molar-refractivity contribution in [3.63, 3.8) is 0 Å². The average Bonchev–Trinajstić information content (AvgIpc) is 3.01. The molecule has 0 saturated carbocycles. The summed E-state index contributed by atoms with van der Waals surface area (Å²) >= 11 is 0. The highest BCUT2D eigenvalue weighted by Gasteiger charge is 2.28. The summed E-state index contributed by atoms with van der Waals surface area (Å²) in [5, 5.41) is 16.2. The zero-order chi connectivity index (χ0) is 23.3. The Hall–Kier alpha value is -2.96. The lowest BCUT2D eigenvalue weighted by Gasteiger charge is -2.14. The number of aromatic nitrogens is 2. The molecule has 0 fully saturated rings. The van der Waals surface area contributed by atoms with Crippen molar-refractivity contribution in [3.05, 3.63) is 55.8 Å². The summed E-state index contributed by atoms with van der Waals surface area (Å²) in [4.78, 5) is 24.9. The van der Waals surface area contributed by atoms with Gasteiger partial charge in [-0.15, -0.1) is 0 Å². The molecule has 2 aromatic rings. The van der Waals surface area contributed by atoms with E-state index in [2.05, 4.69) is 12.0 Å². The second-order valence-electron chi connectivity index (χ2n) is 8.03. The number of nitro groups is 1. The minimum absolute atomic E-state index is 0.00516. The van der Waals surface area contributed by atoms with E-state index < -0.39 is 4.92 Å². The summed E-state index contributed by atoms with van der Waals surface area (Å²) in [6, 6.07) is 2.97. The zero-order valence-electron chi connectivity index (χ0n) is 19.7. The first-order valence-corrected chi connectivity index (χ1v) is 10.8. The maximum absolute atomic E-state index is 13.7. The Labute approximate surface area is 184 Å². The molecule has 7 heteroatoms. The minimum atomic E-state index is -0.396. The summed E-state index contributed by atoms with van der Waals surface area (Å²) in [6.07, 6.45) is 2.72. The first-order chi connectivity index (χ1) is 14.6. The SMILES string of the molecule is CCCCOc1c(C(=O)c2ccc([N+](=O)[O-])c(C(C)=C(C)C)c2C)c(C)nn1CCC. The van der Waals surface area contributed by atoms with E-state index in [9.17, 15) is 14.9 Å². The molecule has 0 bridgehead atoms. The second-order valence-corrected chi connectivity index (χ2v) is 8.03. The number of hydrogen-bond donors (Lipinski definition) is 0. The standard InChI is InChI=1S/C24H33N3O4/c1-8-10-14-31-24-22(18(7)25-26(24)13-9-2)23(28)19-11-12-20(27(29)30)21(17(19)6)16(5)15(3)4/h11-12H,8-10,13-14H2,1-7H3. The number of nitrogens with zero attached hydrogens (tertiary/aromatic N) is 3. The Balaban J connectivity index is 2.68. The normalized spacial score (nSPS) is 10.8. The predicted molar refractivity (Wildman–Crippen MR) is 123 cm³/mol. The molecule has 0 radical (unpaired) electrons. The van der Waals surface area contributed by atoms with Gasteiger partial charge in [-0.25, -0.2) is 4.68 Å². The van der Waals surface area contributed by atoms with Crippen LogP contribution >= 0.6 is 0 Å². The van der Waals surface area contributed by atoms with E-state index in [1.54, 1.807) is 24.6 Å². The van der Waals surface area contributed by atoms with Gasteiger partial charge >= 0.3 is 0 Å². The van der Waals surface area contributed by atoms with Gasteiger partial charge in [0, 0.05) is 18.2 Å². The zero-order valence-corrected chi connectivity index (χ0v) is 19.7. The Morgan fingerprint density at radius 3 is 2.35 bits per heavy atom. The Morgan fingerprint density at radius 2 is 1.81 bits per heavy atom. The van der Waals surface area contributed by atoms with E-state index in [0.717, 1.165) is 30.4 Å². The van der Waals surface area contributed by atoms with Crippen LogP contribution in [0.25, 0.3) is 5.57 Å². The summed E-state index contributed by atoms with van der Waals surface area (Å²) < 4.78 is 7.76. The number of unbranched alkanes of at least 4 members (excludes halogenated alkanes) is 1. The van der Waals surface area contributed by atoms with E-state index in [1.807, 2.05) is 27.7 Å². The topological polar surface area (TPSA) is 87.3 Å². The van der Waals surface area contributed by atoms with E-state index in [1.165, 1.54) is 6.07 Å². The number of nitro benzene ring substituents is 1. The first-order valence-electron chi connectivity index (χ1n) is 10.8. The number of benzene rings is 1. The Morgan fingerprint density at radius 1 is 1.13 bits per heavy atom. The average molecular weight is 428 g/mol. The van der Waals surface area contributed by atoms with Gasteiger partial charge in [-0.05, 0) is 64.7 Å². The molecule has 1 heterocycles. The fourth-order valence-corrected chi connectivity index (χ4v) is 3.60. The van der Waals surface area contributed by atoms with Crippen LogP contribution < -0.4 is 4.74 Å². The Bertz CT molecular complexity index is 1010. The molecular formula is C24H33N3O4. The second kappa shape index (κ2) is 10.4. The van der Waals surface area contributed by atoms with Crippen LogP contribution in [0.5, 0.6) is 5.88 Å². The van der Waals surface area contributed by atoms with Crippen LogP contribution in [0, 0.1) is 24.0 Å². The van der Waals surface area contributed by atoms with Crippen molar-refractivity contribution >= 4 is 17.0 Å². The smallest absolute Gasteiger partial charge is 0.277 e. The molecule has 0 saturated heterocycles. The number of carbonyl (C=O) groups excluding carboxylic acids is 1. The van der Waals surface area contributed by atoms with Crippen LogP contribution in [0.15, 0.2) is 17.7 Å². The van der Waals surface area contributed by atoms with Crippen molar-refractivity contribution in [2.45, 2.75) is 74.3 Å². The first kappa shape index (κ1) is 24.3. The van der Waals surface area contributed by atoms with Gasteiger partial charge in [-0.1, -0.05) is 25.8 Å². The van der Waals surface area contributed by atoms with Gasteiger partial charge in [0.15, 0.2) is 0 Å². The minimum Gasteiger partial charge on any atom is -0.477 e. The number of ketones is 1. The van der Waals surface area contributed by atoms with Crippen LogP contribution in [-0.2, 0) is 6.54 Å². The van der Waals surface area contributed by atoms with Gasteiger partial charge in [0.05, 0.1) is 22.8 Å². The number of hydrogen-bond acceptors (Lipinski definition) is 5. The molecule has 1 aromatic heterocycles. The van der Waals surface area contributed by atoms with Gasteiger partial charge in [-0.2, -0.15) is 5.10 Å². The fraction of sp³-hybridized carbons (Fsp3) is 0.500. The van der Waals surface area contributed by atoms with Gasteiger partial charge in [0.25, 0.3) is 5.69 Å². The molecule has 0 aliphatic rings. The quantitative estimate of drug-likeness (QED) is 0.200. The maximum atomic E-state index is 13.7. The van der Waals surface area contributed by atoms with Crippen molar-refractivity contribution in [2.75, 3.05) is 6.61 Å². The van der Waals surface area contributed by atoms with E-state index in [0.29, 0.717) is 47.0 Å². The monoisotopic (exact) mass is 427 g/mol. The largest absolute Gasteiger partial charge is 0.477 e. The molecule has 0 aliphatic carbocycles. The molecule has 0 amide bonds. The third-order valence-corrected chi connectivity index (χ3v) is 5.49. The molecular weight excluding hydrogens is 394 g/mol. The van der Waals surface area contributed by atoms with E-state index in [-0.39, 0.29) is 11.5 Å². The van der Waals surface area contributed by atoms with Crippen molar-refractivity contribution in [3.8, 4) is 5.88 Å². The van der Waals surface area contributed by atoms with E-state index >= 15 is 0 Å². The molecule has 0 atom stereocenters. The van der Waals surface area contributed by atoms with Crippen LogP contribution in [-0.4, -0.2) is 27.1 Å². The fourth-order valence-electron chi connectivity index (χ4n) is 3.60. The summed E-state index contributed by atoms with van der Waals surface area (Å²) in [7, 11) is 0. The summed E-state index contributed by atoms with van der Waals surface area (Å²) in [6.45, 7) is 14.5. The van der Waals surface area contributed by atoms with Crippen molar-refractivity contribution in [1.29, 1.82) is 0 Å². The number of ether oxygens (including phenoxy) is 1. The molecule has 168 valence electrons. The highest BCUT2D eigenvalue weighted by Crippen LogP contribution is 2.35. The highest BCUT2D eigenvalue weighted by molar-refractivity contribution is 6.12. The third kappa shape index (κ3) is 5.03. The lowest BCUT2D eigenvalue weighted by atomic mass is 9.90. The predicted octanol–water partition coefficient (Wildman–Crippen LogP) is 6.04. The van der Waals surface area contributed by atoms with Crippen LogP contribution in [0.4, 0.5) is 5.69 Å². The number of aryl methyl sites for hydroxylation is 2. The molecule has 31 heavy (non-hydrogen) atoms. The maximum Gasteiger partial charge on any atom is 0.277 e. The molecule has 0 unspecified atom stereocenters. The van der Waals surface area contributed by atoms with Gasteiger partial charge in [0.2, 0.25) is 11.7 Å². The van der Waals surface area contributed by atoms with E-state index in [4.69, 9.17) is 4.74 Å². The third-order valence-electron chi connectivity index (χ3n) is 5.49. The number of rotatable bonds is 10. The van der Waals surface area contributed by atoms with Crippen LogP contribution in [0.2, 0.25) is 0 Å². The van der Waals surface area contributed by atoms with Crippen LogP contribution in [0.1, 0.15) is 86.6 Å². The lowest BCUT2D eigenvalue weighted by molar-refractivity contribution is -0.385. The summed E-state index contributed by atoms with van der Waals surface area (Å²) in [5.41, 5.74) is 4.34. The molecule has 1 aromatic carbocycles. The van der Waals surface area contributed by atoms with Crippen molar-refractivity contribution < 1.29 is 14.5 Å². The van der Waals surface area contributed by atoms with Crippen LogP contribution in [0.3, 0.4) is 0 Å². The molecule has 0 spiro atoms. The molecule has 2 rings (SSSR count). The molecule has 0 N–H and O–H groups in total. The summed E-state index contributed by atoms with van der Waals surface area (Å²) in [5.74, 6) is 0.262. The highest BCUT2D eigenvalue weighted by atomic mass is 16.6. The van der Waals surface area contributed by atoms with Gasteiger partial charge in [0.1, 0.15) is 5.56 Å². The molecule has 7 nitrogen and oxygen atoms in total.